The summed E-state index contributed by atoms with van der Waals surface area (Å²) >= 11 is 5.37. The van der Waals surface area contributed by atoms with Crippen molar-refractivity contribution in [2.45, 2.75) is 20.0 Å². The van der Waals surface area contributed by atoms with Gasteiger partial charge in [0, 0.05) is 0 Å². The van der Waals surface area contributed by atoms with Gasteiger partial charge in [0.15, 0.2) is 16.6 Å². The zero-order valence-electron chi connectivity index (χ0n) is 16.6. The quantitative estimate of drug-likeness (QED) is 0.522. The van der Waals surface area contributed by atoms with E-state index in [4.69, 9.17) is 21.7 Å². The highest BCUT2D eigenvalue weighted by Crippen LogP contribution is 2.40. The van der Waals surface area contributed by atoms with Crippen LogP contribution in [0, 0.1) is 0 Å². The van der Waals surface area contributed by atoms with E-state index >= 15 is 0 Å². The molecule has 1 heterocycles. The molecule has 0 radical (unpaired) electrons. The molecule has 1 saturated heterocycles. The highest BCUT2D eigenvalue weighted by Gasteiger charge is 2.33. The number of hydrogen-bond acceptors (Lipinski definition) is 5. The molecule has 0 atom stereocenters. The molecule has 0 aliphatic carbocycles. The minimum absolute atomic E-state index is 0.0442. The van der Waals surface area contributed by atoms with E-state index < -0.39 is 6.61 Å². The predicted molar refractivity (Wildman–Crippen MR) is 113 cm³/mol. The fourth-order valence-electron chi connectivity index (χ4n) is 3.14. The lowest BCUT2D eigenvalue weighted by molar-refractivity contribution is -0.113. The summed E-state index contributed by atoms with van der Waals surface area (Å²) in [7, 11) is 2.64. The van der Waals surface area contributed by atoms with Gasteiger partial charge in [0.1, 0.15) is 5.70 Å². The van der Waals surface area contributed by atoms with Crippen LogP contribution in [0.15, 0.2) is 42.1 Å². The Morgan fingerprint density at radius 3 is 2.37 bits per heavy atom. The molecule has 2 aromatic carbocycles. The lowest BCUT2D eigenvalue weighted by Gasteiger charge is -2.17. The first-order valence-electron chi connectivity index (χ1n) is 9.05. The van der Waals surface area contributed by atoms with Crippen molar-refractivity contribution in [3.05, 3.63) is 53.2 Å². The van der Waals surface area contributed by atoms with Crippen LogP contribution in [-0.2, 0) is 11.2 Å². The lowest BCUT2D eigenvalue weighted by Crippen LogP contribution is -2.31. The lowest BCUT2D eigenvalue weighted by atomic mass is 10.1. The van der Waals surface area contributed by atoms with Crippen molar-refractivity contribution in [1.29, 1.82) is 0 Å². The number of methoxy groups -OCH3 is 2. The SMILES string of the molecule is CCc1ccccc1N1C(=O)/C(=C/c2cc(OC)c(OC(F)F)c(OC)c2)NC1=S. The summed E-state index contributed by atoms with van der Waals surface area (Å²) in [6.07, 6.45) is 2.28. The number of thiocarbonyl (C=S) groups is 1. The third kappa shape index (κ3) is 4.20. The number of aryl methyl sites for hydroxylation is 1. The maximum Gasteiger partial charge on any atom is 0.387 e. The summed E-state index contributed by atoms with van der Waals surface area (Å²) in [5.41, 5.74) is 2.40. The maximum absolute atomic E-state index is 13.0. The Bertz CT molecular complexity index is 985. The largest absolute Gasteiger partial charge is 0.493 e. The van der Waals surface area contributed by atoms with Crippen molar-refractivity contribution in [3.8, 4) is 17.2 Å². The molecule has 1 N–H and O–H groups in total. The van der Waals surface area contributed by atoms with Crippen LogP contribution >= 0.6 is 12.2 Å². The summed E-state index contributed by atoms with van der Waals surface area (Å²) in [6, 6.07) is 10.4. The number of carbonyl (C=O) groups excluding carboxylic acids is 1. The van der Waals surface area contributed by atoms with Gasteiger partial charge in [0.25, 0.3) is 5.91 Å². The molecule has 0 bridgehead atoms. The Morgan fingerprint density at radius 2 is 1.80 bits per heavy atom. The number of halogens is 2. The number of alkyl halides is 2. The fourth-order valence-corrected chi connectivity index (χ4v) is 3.43. The van der Waals surface area contributed by atoms with E-state index in [1.165, 1.54) is 31.3 Å². The van der Waals surface area contributed by atoms with Crippen molar-refractivity contribution in [3.63, 3.8) is 0 Å². The summed E-state index contributed by atoms with van der Waals surface area (Å²) in [5.74, 6) is -0.464. The molecule has 2 aromatic rings. The van der Waals surface area contributed by atoms with Crippen molar-refractivity contribution in [1.82, 2.24) is 5.32 Å². The molecule has 0 unspecified atom stereocenters. The summed E-state index contributed by atoms with van der Waals surface area (Å²) in [5, 5.41) is 3.16. The van der Waals surface area contributed by atoms with Gasteiger partial charge in [-0.25, -0.2) is 0 Å². The van der Waals surface area contributed by atoms with Crippen molar-refractivity contribution < 1.29 is 27.8 Å². The normalized spacial score (nSPS) is 15.0. The Kier molecular flexibility index (Phi) is 6.51. The molecule has 1 aliphatic heterocycles. The van der Waals surface area contributed by atoms with Gasteiger partial charge in [-0.3, -0.25) is 9.69 Å². The molecule has 0 aromatic heterocycles. The molecule has 1 amide bonds. The van der Waals surface area contributed by atoms with Gasteiger partial charge in [0.05, 0.1) is 19.9 Å². The molecule has 0 spiro atoms. The molecule has 0 saturated carbocycles. The van der Waals surface area contributed by atoms with Crippen LogP contribution in [-0.4, -0.2) is 31.9 Å². The number of amides is 1. The second-order valence-corrected chi connectivity index (χ2v) is 6.63. The van der Waals surface area contributed by atoms with Gasteiger partial charge >= 0.3 is 6.61 Å². The topological polar surface area (TPSA) is 60.0 Å². The van der Waals surface area contributed by atoms with Crippen LogP contribution in [0.4, 0.5) is 14.5 Å². The Morgan fingerprint density at radius 1 is 1.17 bits per heavy atom. The minimum Gasteiger partial charge on any atom is -0.493 e. The van der Waals surface area contributed by atoms with Gasteiger partial charge < -0.3 is 19.5 Å². The minimum atomic E-state index is -3.04. The zero-order valence-corrected chi connectivity index (χ0v) is 17.4. The number of benzene rings is 2. The highest BCUT2D eigenvalue weighted by atomic mass is 32.1. The van der Waals surface area contributed by atoms with Crippen molar-refractivity contribution >= 4 is 35.0 Å². The van der Waals surface area contributed by atoms with E-state index in [0.717, 1.165) is 12.0 Å². The summed E-state index contributed by atoms with van der Waals surface area (Å²) in [6.45, 7) is -1.05. The van der Waals surface area contributed by atoms with Crippen LogP contribution in [0.5, 0.6) is 17.2 Å². The number of hydrogen-bond donors (Lipinski definition) is 1. The Hall–Kier alpha value is -3.20. The molecule has 158 valence electrons. The van der Waals surface area contributed by atoms with E-state index in [2.05, 4.69) is 10.1 Å². The number of ether oxygens (including phenoxy) is 3. The first-order valence-corrected chi connectivity index (χ1v) is 9.46. The first-order chi connectivity index (χ1) is 14.4. The highest BCUT2D eigenvalue weighted by molar-refractivity contribution is 7.80. The van der Waals surface area contributed by atoms with Crippen LogP contribution in [0.1, 0.15) is 18.1 Å². The van der Waals surface area contributed by atoms with Gasteiger partial charge in [-0.2, -0.15) is 8.78 Å². The molecule has 1 aliphatic rings. The third-order valence-corrected chi connectivity index (χ3v) is 4.78. The number of anilines is 1. The smallest absolute Gasteiger partial charge is 0.387 e. The number of nitrogens with one attached hydrogen (secondary N) is 1. The average Bonchev–Trinajstić information content (AvgIpc) is 3.01. The molecule has 6 nitrogen and oxygen atoms in total. The monoisotopic (exact) mass is 434 g/mol. The predicted octanol–water partition coefficient (Wildman–Crippen LogP) is 4.13. The molecular formula is C21H20F2N2O4S. The number of nitrogens with zero attached hydrogens (tertiary/aromatic N) is 1. The number of para-hydroxylation sites is 1. The number of rotatable bonds is 7. The molecular weight excluding hydrogens is 414 g/mol. The van der Waals surface area contributed by atoms with Gasteiger partial charge in [-0.1, -0.05) is 25.1 Å². The van der Waals surface area contributed by atoms with E-state index in [9.17, 15) is 13.6 Å². The van der Waals surface area contributed by atoms with Crippen LogP contribution in [0.3, 0.4) is 0 Å². The van der Waals surface area contributed by atoms with Crippen molar-refractivity contribution in [2.75, 3.05) is 19.1 Å². The van der Waals surface area contributed by atoms with E-state index in [1.807, 2.05) is 31.2 Å². The van der Waals surface area contributed by atoms with E-state index in [-0.39, 0.29) is 34.0 Å². The molecule has 3 rings (SSSR count). The van der Waals surface area contributed by atoms with E-state index in [1.54, 1.807) is 6.08 Å². The average molecular weight is 434 g/mol. The molecule has 30 heavy (non-hydrogen) atoms. The fraction of sp³-hybridized carbons (Fsp3) is 0.238. The summed E-state index contributed by atoms with van der Waals surface area (Å²) in [4.78, 5) is 14.5. The molecule has 1 fully saturated rings. The third-order valence-electron chi connectivity index (χ3n) is 4.49. The molecule has 9 heteroatoms. The van der Waals surface area contributed by atoms with Gasteiger partial charge in [0.2, 0.25) is 5.75 Å². The van der Waals surface area contributed by atoms with Crippen LogP contribution < -0.4 is 24.4 Å². The second kappa shape index (κ2) is 9.08. The first kappa shape index (κ1) is 21.5. The second-order valence-electron chi connectivity index (χ2n) is 6.24. The van der Waals surface area contributed by atoms with Gasteiger partial charge in [-0.05, 0) is 54.0 Å². The van der Waals surface area contributed by atoms with Crippen LogP contribution in [0.2, 0.25) is 0 Å². The standard InChI is InChI=1S/C21H20F2N2O4S/c1-4-13-7-5-6-8-15(13)25-19(26)14(24-21(25)30)9-12-10-16(27-2)18(29-20(22)23)17(11-12)28-3/h5-11,20H,4H2,1-3H3,(H,24,30)/b14-9-. The number of carbonyl (C=O) groups is 1. The Balaban J connectivity index is 1.99. The van der Waals surface area contributed by atoms with Crippen LogP contribution in [0.25, 0.3) is 6.08 Å². The maximum atomic E-state index is 13.0. The Labute approximate surface area is 178 Å². The van der Waals surface area contributed by atoms with Gasteiger partial charge in [-0.15, -0.1) is 0 Å². The summed E-state index contributed by atoms with van der Waals surface area (Å²) < 4.78 is 40.3. The zero-order chi connectivity index (χ0) is 21.8. The van der Waals surface area contributed by atoms with E-state index in [0.29, 0.717) is 11.3 Å². The van der Waals surface area contributed by atoms with Crippen molar-refractivity contribution in [2.24, 2.45) is 0 Å².